The molecule has 1 aliphatic rings. The van der Waals surface area contributed by atoms with E-state index in [9.17, 15) is 0 Å². The van der Waals surface area contributed by atoms with Gasteiger partial charge in [-0.25, -0.2) is 4.98 Å². The lowest BCUT2D eigenvalue weighted by Crippen LogP contribution is -2.39. The Bertz CT molecular complexity index is 364. The third-order valence-corrected chi connectivity index (χ3v) is 4.00. The molecule has 0 aliphatic carbocycles. The summed E-state index contributed by atoms with van der Waals surface area (Å²) in [4.78, 5) is 6.99. The number of pyridine rings is 1. The van der Waals surface area contributed by atoms with Crippen molar-refractivity contribution in [3.05, 3.63) is 22.8 Å². The number of hydrogen-bond donors (Lipinski definition) is 1. The normalized spacial score (nSPS) is 22.6. The Morgan fingerprint density at radius 2 is 2.28 bits per heavy atom. The molecule has 2 atom stereocenters. The van der Waals surface area contributed by atoms with Crippen LogP contribution < -0.4 is 10.6 Å². The minimum atomic E-state index is 0.256. The van der Waals surface area contributed by atoms with Crippen LogP contribution in [0.4, 0.5) is 5.82 Å². The van der Waals surface area contributed by atoms with Crippen LogP contribution in [0.5, 0.6) is 0 Å². The molecule has 3 nitrogen and oxygen atoms in total. The zero-order valence-corrected chi connectivity index (χ0v) is 12.6. The minimum absolute atomic E-state index is 0.256. The van der Waals surface area contributed by atoms with E-state index in [1.807, 2.05) is 6.20 Å². The summed E-state index contributed by atoms with van der Waals surface area (Å²) in [7, 11) is 0. The first-order valence-electron chi connectivity index (χ1n) is 6.80. The highest BCUT2D eigenvalue weighted by Gasteiger charge is 2.22. The largest absolute Gasteiger partial charge is 0.354 e. The summed E-state index contributed by atoms with van der Waals surface area (Å²) in [6, 6.07) is 4.96. The summed E-state index contributed by atoms with van der Waals surface area (Å²) in [6.45, 7) is 3.20. The zero-order valence-electron chi connectivity index (χ0n) is 11.0. The average molecular weight is 312 g/mol. The van der Waals surface area contributed by atoms with Crippen molar-refractivity contribution in [1.82, 2.24) is 4.98 Å². The molecule has 2 unspecified atom stereocenters. The summed E-state index contributed by atoms with van der Waals surface area (Å²) in [5.74, 6) is 1.09. The molecule has 0 bridgehead atoms. The Labute approximate surface area is 118 Å². The first kappa shape index (κ1) is 13.8. The van der Waals surface area contributed by atoms with Crippen molar-refractivity contribution < 1.29 is 0 Å². The molecule has 1 saturated heterocycles. The summed E-state index contributed by atoms with van der Waals surface area (Å²) in [6.07, 6.45) is 8.06. The fourth-order valence-corrected chi connectivity index (χ4v) is 2.93. The second-order valence-electron chi connectivity index (χ2n) is 5.24. The summed E-state index contributed by atoms with van der Waals surface area (Å²) in [5.41, 5.74) is 5.98. The highest BCUT2D eigenvalue weighted by molar-refractivity contribution is 9.10. The van der Waals surface area contributed by atoms with Crippen LogP contribution in [0.25, 0.3) is 0 Å². The predicted molar refractivity (Wildman–Crippen MR) is 79.8 cm³/mol. The van der Waals surface area contributed by atoms with Gasteiger partial charge in [0, 0.05) is 29.3 Å². The van der Waals surface area contributed by atoms with Gasteiger partial charge in [-0.05, 0) is 54.2 Å². The SMILES string of the molecule is CC(N)CC1CCCCCN1c1ccc(Br)cn1. The number of hydrogen-bond acceptors (Lipinski definition) is 3. The van der Waals surface area contributed by atoms with E-state index in [2.05, 4.69) is 44.9 Å². The Morgan fingerprint density at radius 3 is 2.94 bits per heavy atom. The highest BCUT2D eigenvalue weighted by Crippen LogP contribution is 2.25. The van der Waals surface area contributed by atoms with Gasteiger partial charge in [-0.2, -0.15) is 0 Å². The Balaban J connectivity index is 2.16. The summed E-state index contributed by atoms with van der Waals surface area (Å²) in [5, 5.41) is 0. The predicted octanol–water partition coefficient (Wildman–Crippen LogP) is 3.33. The van der Waals surface area contributed by atoms with E-state index in [0.717, 1.165) is 23.3 Å². The molecule has 2 N–H and O–H groups in total. The quantitative estimate of drug-likeness (QED) is 0.931. The van der Waals surface area contributed by atoms with Gasteiger partial charge < -0.3 is 10.6 Å². The number of halogens is 1. The van der Waals surface area contributed by atoms with Crippen molar-refractivity contribution in [3.8, 4) is 0 Å². The Hall–Kier alpha value is -0.610. The van der Waals surface area contributed by atoms with E-state index in [1.54, 1.807) is 0 Å². The standard InChI is InChI=1S/C14H22BrN3/c1-11(16)9-13-5-3-2-4-8-18(13)14-7-6-12(15)10-17-14/h6-7,10-11,13H,2-5,8-9,16H2,1H3. The van der Waals surface area contributed by atoms with Gasteiger partial charge in [-0.15, -0.1) is 0 Å². The van der Waals surface area contributed by atoms with E-state index in [4.69, 9.17) is 5.73 Å². The van der Waals surface area contributed by atoms with Crippen molar-refractivity contribution in [2.24, 2.45) is 5.73 Å². The maximum atomic E-state index is 5.98. The Kier molecular flexibility index (Phi) is 5.01. The van der Waals surface area contributed by atoms with E-state index < -0.39 is 0 Å². The van der Waals surface area contributed by atoms with Crippen LogP contribution >= 0.6 is 15.9 Å². The molecule has 100 valence electrons. The number of rotatable bonds is 3. The molecule has 0 aromatic carbocycles. The van der Waals surface area contributed by atoms with Gasteiger partial charge in [0.05, 0.1) is 0 Å². The van der Waals surface area contributed by atoms with Crippen molar-refractivity contribution in [2.45, 2.75) is 51.1 Å². The molecule has 1 aromatic heterocycles. The molecule has 0 spiro atoms. The number of aromatic nitrogens is 1. The van der Waals surface area contributed by atoms with Crippen LogP contribution in [0.1, 0.15) is 39.0 Å². The molecule has 4 heteroatoms. The molecule has 0 amide bonds. The third kappa shape index (κ3) is 3.69. The molecule has 2 rings (SSSR count). The molecule has 18 heavy (non-hydrogen) atoms. The lowest BCUT2D eigenvalue weighted by molar-refractivity contribution is 0.489. The highest BCUT2D eigenvalue weighted by atomic mass is 79.9. The molecule has 1 aromatic rings. The van der Waals surface area contributed by atoms with Crippen LogP contribution in [0.3, 0.4) is 0 Å². The third-order valence-electron chi connectivity index (χ3n) is 3.53. The smallest absolute Gasteiger partial charge is 0.128 e. The molecular weight excluding hydrogens is 290 g/mol. The first-order valence-corrected chi connectivity index (χ1v) is 7.60. The average Bonchev–Trinajstić information content (AvgIpc) is 2.55. The fraction of sp³-hybridized carbons (Fsp3) is 0.643. The number of anilines is 1. The maximum absolute atomic E-state index is 5.98. The van der Waals surface area contributed by atoms with Gasteiger partial charge in [-0.1, -0.05) is 12.8 Å². The Morgan fingerprint density at radius 1 is 1.44 bits per heavy atom. The van der Waals surface area contributed by atoms with Gasteiger partial charge in [0.15, 0.2) is 0 Å². The van der Waals surface area contributed by atoms with Crippen molar-refractivity contribution in [2.75, 3.05) is 11.4 Å². The van der Waals surface area contributed by atoms with Crippen LogP contribution in [0.2, 0.25) is 0 Å². The second-order valence-corrected chi connectivity index (χ2v) is 6.16. The summed E-state index contributed by atoms with van der Waals surface area (Å²) >= 11 is 3.44. The molecular formula is C14H22BrN3. The van der Waals surface area contributed by atoms with E-state index in [1.165, 1.54) is 25.7 Å². The van der Waals surface area contributed by atoms with Gasteiger partial charge in [0.2, 0.25) is 0 Å². The fourth-order valence-electron chi connectivity index (χ4n) is 2.69. The van der Waals surface area contributed by atoms with E-state index in [-0.39, 0.29) is 6.04 Å². The van der Waals surface area contributed by atoms with Crippen LogP contribution in [-0.2, 0) is 0 Å². The van der Waals surface area contributed by atoms with Crippen molar-refractivity contribution >= 4 is 21.7 Å². The molecule has 0 saturated carbocycles. The number of nitrogens with zero attached hydrogens (tertiary/aromatic N) is 2. The lowest BCUT2D eigenvalue weighted by atomic mass is 10.0. The zero-order chi connectivity index (χ0) is 13.0. The van der Waals surface area contributed by atoms with Gasteiger partial charge in [0.1, 0.15) is 5.82 Å². The van der Waals surface area contributed by atoms with Gasteiger partial charge in [-0.3, -0.25) is 0 Å². The molecule has 1 aliphatic heterocycles. The number of nitrogens with two attached hydrogens (primary N) is 1. The van der Waals surface area contributed by atoms with Gasteiger partial charge >= 0.3 is 0 Å². The van der Waals surface area contributed by atoms with Gasteiger partial charge in [0.25, 0.3) is 0 Å². The molecule has 0 radical (unpaired) electrons. The van der Waals surface area contributed by atoms with Crippen LogP contribution in [0, 0.1) is 0 Å². The molecule has 2 heterocycles. The minimum Gasteiger partial charge on any atom is -0.354 e. The maximum Gasteiger partial charge on any atom is 0.128 e. The topological polar surface area (TPSA) is 42.1 Å². The van der Waals surface area contributed by atoms with Crippen molar-refractivity contribution in [3.63, 3.8) is 0 Å². The lowest BCUT2D eigenvalue weighted by Gasteiger charge is -2.32. The van der Waals surface area contributed by atoms with Crippen LogP contribution in [0.15, 0.2) is 22.8 Å². The second kappa shape index (κ2) is 6.53. The van der Waals surface area contributed by atoms with E-state index in [0.29, 0.717) is 6.04 Å². The van der Waals surface area contributed by atoms with Crippen LogP contribution in [-0.4, -0.2) is 23.6 Å². The monoisotopic (exact) mass is 311 g/mol. The summed E-state index contributed by atoms with van der Waals surface area (Å²) < 4.78 is 1.03. The van der Waals surface area contributed by atoms with Crippen molar-refractivity contribution in [1.29, 1.82) is 0 Å². The van der Waals surface area contributed by atoms with E-state index >= 15 is 0 Å². The molecule has 1 fully saturated rings. The first-order chi connectivity index (χ1) is 8.66.